The van der Waals surface area contributed by atoms with Crippen LogP contribution in [0.1, 0.15) is 50.2 Å². The van der Waals surface area contributed by atoms with Crippen molar-refractivity contribution in [2.75, 3.05) is 20.0 Å². The summed E-state index contributed by atoms with van der Waals surface area (Å²) in [6.45, 7) is 2.73. The first kappa shape index (κ1) is 33.0. The van der Waals surface area contributed by atoms with Crippen molar-refractivity contribution in [2.24, 2.45) is 5.10 Å². The molecular weight excluding hydrogens is 645 g/mol. The molecule has 3 heterocycles. The van der Waals surface area contributed by atoms with Crippen molar-refractivity contribution in [3.63, 3.8) is 0 Å². The van der Waals surface area contributed by atoms with Gasteiger partial charge in [-0.05, 0) is 48.6 Å². The Balaban J connectivity index is 1.23. The molecule has 1 aliphatic rings. The average Bonchev–Trinajstić information content (AvgIpc) is 3.89. The molecule has 5 aromatic rings. The first-order valence-corrected chi connectivity index (χ1v) is 17.4. The molecule has 2 aromatic heterocycles. The number of ether oxygens (including phenoxy) is 2. The van der Waals surface area contributed by atoms with E-state index in [0.717, 1.165) is 33.7 Å². The molecule has 0 fully saturated rings. The van der Waals surface area contributed by atoms with Crippen molar-refractivity contribution in [2.45, 2.75) is 44.1 Å². The number of carbonyl (C=O) groups excluding carboxylic acids is 2. The van der Waals surface area contributed by atoms with E-state index >= 15 is 0 Å². The lowest BCUT2D eigenvalue weighted by Crippen LogP contribution is -2.29. The molecular formula is C36H36N6O4S2. The highest BCUT2D eigenvalue weighted by molar-refractivity contribution is 7.99. The summed E-state index contributed by atoms with van der Waals surface area (Å²) in [6.07, 6.45) is 1.27. The number of hydrogen-bond acceptors (Lipinski definition) is 9. The van der Waals surface area contributed by atoms with Crippen LogP contribution in [-0.2, 0) is 24.3 Å². The molecule has 0 saturated heterocycles. The highest BCUT2D eigenvalue weighted by Crippen LogP contribution is 2.42. The Kier molecular flexibility index (Phi) is 10.5. The third-order valence-corrected chi connectivity index (χ3v) is 9.91. The minimum atomic E-state index is -0.372. The lowest BCUT2D eigenvalue weighted by Gasteiger charge is -2.24. The van der Waals surface area contributed by atoms with Crippen molar-refractivity contribution in [1.82, 2.24) is 25.1 Å². The second-order valence-electron chi connectivity index (χ2n) is 11.2. The van der Waals surface area contributed by atoms with E-state index in [1.807, 2.05) is 83.6 Å². The van der Waals surface area contributed by atoms with Gasteiger partial charge in [0.1, 0.15) is 0 Å². The molecule has 6 rings (SSSR count). The number of nitrogens with one attached hydrogen (secondary N) is 1. The quantitative estimate of drug-likeness (QED) is 0.145. The fraction of sp³-hybridized carbons (Fsp3) is 0.250. The lowest BCUT2D eigenvalue weighted by molar-refractivity contribution is -0.130. The summed E-state index contributed by atoms with van der Waals surface area (Å²) in [7, 11) is 3.20. The summed E-state index contributed by atoms with van der Waals surface area (Å²) < 4.78 is 13.3. The molecule has 3 aromatic carbocycles. The van der Waals surface area contributed by atoms with Crippen molar-refractivity contribution >= 4 is 40.6 Å². The topological polar surface area (TPSA) is 111 Å². The predicted octanol–water partition coefficient (Wildman–Crippen LogP) is 6.31. The smallest absolute Gasteiger partial charge is 0.253 e. The highest BCUT2D eigenvalue weighted by atomic mass is 32.2. The summed E-state index contributed by atoms with van der Waals surface area (Å²) in [5.74, 6) is 1.51. The molecule has 48 heavy (non-hydrogen) atoms. The standard InChI is InChI=1S/C36H36N6O4S2/c1-24-10-7-13-26(20-24)35(44)37-22-32-38-39-36(41(32)18-17-25-11-5-4-6-12-25)48-23-33(43)42-29(21-28(40-42)31-16-9-19-47-31)27-14-8-15-30(45-2)34(27)46-3/h4-16,19-20,29H,17-18,21-23H2,1-3H3,(H,37,44)/t29-/m1/s1. The van der Waals surface area contributed by atoms with Gasteiger partial charge >= 0.3 is 0 Å². The normalized spacial score (nSPS) is 14.1. The van der Waals surface area contributed by atoms with E-state index in [0.29, 0.717) is 41.0 Å². The van der Waals surface area contributed by atoms with Gasteiger partial charge < -0.3 is 19.4 Å². The largest absolute Gasteiger partial charge is 0.493 e. The van der Waals surface area contributed by atoms with Gasteiger partial charge in [-0.2, -0.15) is 5.10 Å². The van der Waals surface area contributed by atoms with Crippen LogP contribution in [0, 0.1) is 6.92 Å². The third-order valence-electron chi connectivity index (χ3n) is 8.04. The minimum absolute atomic E-state index is 0.0864. The Bertz CT molecular complexity index is 1910. The zero-order valence-corrected chi connectivity index (χ0v) is 28.6. The van der Waals surface area contributed by atoms with Crippen LogP contribution in [0.3, 0.4) is 0 Å². The number of methoxy groups -OCH3 is 2. The number of hydrogen-bond donors (Lipinski definition) is 1. The SMILES string of the molecule is COc1cccc([C@H]2CC(c3cccs3)=NN2C(=O)CSc2nnc(CNC(=O)c3cccc(C)c3)n2CCc2ccccc2)c1OC. The molecule has 1 N–H and O–H groups in total. The maximum Gasteiger partial charge on any atom is 0.253 e. The van der Waals surface area contributed by atoms with E-state index in [2.05, 4.69) is 27.6 Å². The van der Waals surface area contributed by atoms with Crippen LogP contribution in [0.5, 0.6) is 11.5 Å². The van der Waals surface area contributed by atoms with E-state index in [4.69, 9.17) is 14.6 Å². The highest BCUT2D eigenvalue weighted by Gasteiger charge is 2.36. The van der Waals surface area contributed by atoms with Gasteiger partial charge in [-0.25, -0.2) is 5.01 Å². The maximum absolute atomic E-state index is 14.0. The van der Waals surface area contributed by atoms with Gasteiger partial charge in [0.05, 0.1) is 43.1 Å². The molecule has 0 saturated carbocycles. The summed E-state index contributed by atoms with van der Waals surface area (Å²) in [5, 5.41) is 20.9. The number of carbonyl (C=O) groups is 2. The number of benzene rings is 3. The van der Waals surface area contributed by atoms with Crippen LogP contribution < -0.4 is 14.8 Å². The summed E-state index contributed by atoms with van der Waals surface area (Å²) >= 11 is 2.90. The van der Waals surface area contributed by atoms with Gasteiger partial charge in [0.15, 0.2) is 22.5 Å². The summed E-state index contributed by atoms with van der Waals surface area (Å²) in [5.41, 5.74) is 4.42. The van der Waals surface area contributed by atoms with Crippen LogP contribution >= 0.6 is 23.1 Å². The van der Waals surface area contributed by atoms with Crippen LogP contribution in [0.4, 0.5) is 0 Å². The van der Waals surface area contributed by atoms with E-state index in [-0.39, 0.29) is 30.2 Å². The molecule has 1 aliphatic heterocycles. The number of aryl methyl sites for hydroxylation is 2. The van der Waals surface area contributed by atoms with E-state index in [1.54, 1.807) is 36.6 Å². The molecule has 0 bridgehead atoms. The molecule has 0 aliphatic carbocycles. The summed E-state index contributed by atoms with van der Waals surface area (Å²) in [4.78, 5) is 27.9. The molecule has 12 heteroatoms. The monoisotopic (exact) mass is 680 g/mol. The van der Waals surface area contributed by atoms with Gasteiger partial charge in [0.2, 0.25) is 0 Å². The second-order valence-corrected chi connectivity index (χ2v) is 13.1. The lowest BCUT2D eigenvalue weighted by atomic mass is 9.99. The van der Waals surface area contributed by atoms with Crippen molar-refractivity contribution in [3.05, 3.63) is 123 Å². The molecule has 10 nitrogen and oxygen atoms in total. The van der Waals surface area contributed by atoms with E-state index in [1.165, 1.54) is 11.8 Å². The first-order chi connectivity index (χ1) is 23.4. The molecule has 0 spiro atoms. The molecule has 0 radical (unpaired) electrons. The van der Waals surface area contributed by atoms with Crippen LogP contribution in [-0.4, -0.2) is 57.3 Å². The Hall–Kier alpha value is -4.94. The Morgan fingerprint density at radius 3 is 2.56 bits per heavy atom. The van der Waals surface area contributed by atoms with Crippen molar-refractivity contribution in [3.8, 4) is 11.5 Å². The van der Waals surface area contributed by atoms with Gasteiger partial charge in [-0.15, -0.1) is 21.5 Å². The number of thioether (sulfide) groups is 1. The number of amides is 2. The number of rotatable bonds is 13. The fourth-order valence-corrected chi connectivity index (χ4v) is 7.21. The predicted molar refractivity (Wildman–Crippen MR) is 188 cm³/mol. The molecule has 246 valence electrons. The number of hydrazone groups is 1. The van der Waals surface area contributed by atoms with Crippen LogP contribution in [0.2, 0.25) is 0 Å². The fourth-order valence-electron chi connectivity index (χ4n) is 5.66. The zero-order chi connectivity index (χ0) is 33.5. The Labute approximate surface area is 287 Å². The van der Waals surface area contributed by atoms with Crippen molar-refractivity contribution < 1.29 is 19.1 Å². The second kappa shape index (κ2) is 15.3. The van der Waals surface area contributed by atoms with E-state index < -0.39 is 0 Å². The first-order valence-electron chi connectivity index (χ1n) is 15.5. The summed E-state index contributed by atoms with van der Waals surface area (Å²) in [6, 6.07) is 26.9. The number of thiophene rings is 1. The number of nitrogens with zero attached hydrogens (tertiary/aromatic N) is 5. The van der Waals surface area contributed by atoms with Gasteiger partial charge in [0.25, 0.3) is 11.8 Å². The van der Waals surface area contributed by atoms with Gasteiger partial charge in [-0.3, -0.25) is 9.59 Å². The van der Waals surface area contributed by atoms with E-state index in [9.17, 15) is 9.59 Å². The molecule has 1 atom stereocenters. The maximum atomic E-state index is 14.0. The van der Waals surface area contributed by atoms with Gasteiger partial charge in [-0.1, -0.05) is 78.0 Å². The van der Waals surface area contributed by atoms with Crippen molar-refractivity contribution in [1.29, 1.82) is 0 Å². The number of aromatic nitrogens is 3. The number of para-hydroxylation sites is 1. The van der Waals surface area contributed by atoms with Crippen LogP contribution in [0.25, 0.3) is 0 Å². The molecule has 0 unspecified atom stereocenters. The Morgan fingerprint density at radius 1 is 0.979 bits per heavy atom. The Morgan fingerprint density at radius 2 is 1.81 bits per heavy atom. The zero-order valence-electron chi connectivity index (χ0n) is 27.0. The minimum Gasteiger partial charge on any atom is -0.493 e. The van der Waals surface area contributed by atoms with Crippen LogP contribution in [0.15, 0.2) is 101 Å². The molecule has 2 amide bonds. The van der Waals surface area contributed by atoms with Gasteiger partial charge in [0, 0.05) is 24.1 Å². The third kappa shape index (κ3) is 7.45. The average molecular weight is 681 g/mol.